The van der Waals surface area contributed by atoms with Gasteiger partial charge in [0.25, 0.3) is 11.8 Å². The summed E-state index contributed by atoms with van der Waals surface area (Å²) in [5.74, 6) is -0.541. The minimum absolute atomic E-state index is 0.0706. The van der Waals surface area contributed by atoms with E-state index in [0.717, 1.165) is 20.9 Å². The first-order valence-corrected chi connectivity index (χ1v) is 8.24. The number of amides is 2. The third kappa shape index (κ3) is 2.22. The summed E-state index contributed by atoms with van der Waals surface area (Å²) in [7, 11) is 0. The summed E-state index contributed by atoms with van der Waals surface area (Å²) >= 11 is 3.46. The van der Waals surface area contributed by atoms with Gasteiger partial charge in [-0.1, -0.05) is 15.9 Å². The molecule has 7 nitrogen and oxygen atoms in total. The molecule has 5 N–H and O–H groups in total. The van der Waals surface area contributed by atoms with E-state index in [1.54, 1.807) is 0 Å². The van der Waals surface area contributed by atoms with E-state index >= 15 is 0 Å². The van der Waals surface area contributed by atoms with Crippen LogP contribution < -0.4 is 16.4 Å². The Balaban J connectivity index is 2.06. The van der Waals surface area contributed by atoms with Gasteiger partial charge in [0.2, 0.25) is 5.96 Å². The van der Waals surface area contributed by atoms with Crippen molar-refractivity contribution in [2.45, 2.75) is 19.4 Å². The largest absolute Gasteiger partial charge is 0.369 e. The lowest BCUT2D eigenvalue weighted by Gasteiger charge is -2.13. The zero-order chi connectivity index (χ0) is 17.0. The fourth-order valence-electron chi connectivity index (χ4n) is 3.21. The van der Waals surface area contributed by atoms with Crippen LogP contribution in [0.15, 0.2) is 33.4 Å². The number of fused-ring (bicyclic) bond motifs is 3. The molecule has 1 aromatic heterocycles. The molecular weight excluding hydrogens is 374 g/mol. The number of nitrogens with zero attached hydrogens (tertiary/aromatic N) is 1. The number of guanidine groups is 1. The van der Waals surface area contributed by atoms with Crippen LogP contribution >= 0.6 is 15.9 Å². The number of carbonyl (C=O) groups is 2. The van der Waals surface area contributed by atoms with Crippen LogP contribution in [0.5, 0.6) is 0 Å². The lowest BCUT2D eigenvalue weighted by atomic mass is 9.95. The molecule has 4 rings (SSSR count). The van der Waals surface area contributed by atoms with Gasteiger partial charge in [-0.2, -0.15) is 4.99 Å². The molecule has 2 aromatic rings. The minimum atomic E-state index is -0.417. The second-order valence-electron chi connectivity index (χ2n) is 5.92. The van der Waals surface area contributed by atoms with Crippen LogP contribution in [0, 0.1) is 0 Å². The van der Waals surface area contributed by atoms with Crippen molar-refractivity contribution in [2.75, 3.05) is 0 Å². The number of hydrogen-bond donors (Lipinski definition) is 4. The number of nitrogens with one attached hydrogen (secondary N) is 3. The van der Waals surface area contributed by atoms with Crippen molar-refractivity contribution < 1.29 is 9.59 Å². The molecule has 0 aliphatic carbocycles. The zero-order valence-corrected chi connectivity index (χ0v) is 14.3. The number of halogens is 1. The number of nitrogens with two attached hydrogens (primary N) is 1. The predicted molar refractivity (Wildman–Crippen MR) is 94.2 cm³/mol. The van der Waals surface area contributed by atoms with Crippen LogP contribution in [-0.4, -0.2) is 28.8 Å². The van der Waals surface area contributed by atoms with E-state index in [4.69, 9.17) is 5.73 Å². The molecule has 2 amide bonds. The van der Waals surface area contributed by atoms with Crippen molar-refractivity contribution in [1.29, 1.82) is 0 Å². The van der Waals surface area contributed by atoms with E-state index < -0.39 is 5.91 Å². The second-order valence-corrected chi connectivity index (χ2v) is 6.84. The lowest BCUT2D eigenvalue weighted by Crippen LogP contribution is -2.31. The van der Waals surface area contributed by atoms with Crippen molar-refractivity contribution in [3.63, 3.8) is 0 Å². The Bertz CT molecular complexity index is 972. The molecule has 8 heteroatoms. The molecule has 3 heterocycles. The predicted octanol–water partition coefficient (Wildman–Crippen LogP) is 1.61. The first kappa shape index (κ1) is 14.9. The molecule has 24 heavy (non-hydrogen) atoms. The lowest BCUT2D eigenvalue weighted by molar-refractivity contribution is -0.114. The third-order valence-electron chi connectivity index (χ3n) is 4.17. The molecule has 1 atom stereocenters. The molecule has 2 aliphatic rings. The highest BCUT2D eigenvalue weighted by molar-refractivity contribution is 9.10. The Hall–Kier alpha value is -2.61. The normalized spacial score (nSPS) is 23.6. The van der Waals surface area contributed by atoms with E-state index in [1.165, 1.54) is 0 Å². The van der Waals surface area contributed by atoms with Crippen LogP contribution in [0.2, 0.25) is 0 Å². The maximum atomic E-state index is 12.5. The molecule has 1 unspecified atom stereocenters. The van der Waals surface area contributed by atoms with E-state index in [-0.39, 0.29) is 17.9 Å². The average molecular weight is 388 g/mol. The van der Waals surface area contributed by atoms with E-state index in [0.29, 0.717) is 23.4 Å². The SMILES string of the molecule is CC1CC(=C2NC(N)=NC2=O)c2c([nH]c3ccc(Br)cc23)C(=O)N1. The van der Waals surface area contributed by atoms with Crippen molar-refractivity contribution in [3.05, 3.63) is 39.6 Å². The fraction of sp³-hybridized carbons (Fsp3) is 0.188. The van der Waals surface area contributed by atoms with Crippen LogP contribution in [-0.2, 0) is 4.79 Å². The van der Waals surface area contributed by atoms with Gasteiger partial charge in [0, 0.05) is 27.0 Å². The number of rotatable bonds is 0. The van der Waals surface area contributed by atoms with Crippen LogP contribution in [0.25, 0.3) is 16.5 Å². The molecule has 1 aromatic carbocycles. The minimum Gasteiger partial charge on any atom is -0.369 e. The van der Waals surface area contributed by atoms with E-state index in [1.807, 2.05) is 25.1 Å². The summed E-state index contributed by atoms with van der Waals surface area (Å²) in [6.07, 6.45) is 0.495. The van der Waals surface area contributed by atoms with Gasteiger partial charge in [-0.15, -0.1) is 0 Å². The van der Waals surface area contributed by atoms with Crippen molar-refractivity contribution in [2.24, 2.45) is 10.7 Å². The Morgan fingerprint density at radius 1 is 1.33 bits per heavy atom. The van der Waals surface area contributed by atoms with Gasteiger partial charge >= 0.3 is 0 Å². The van der Waals surface area contributed by atoms with Crippen LogP contribution in [0.4, 0.5) is 0 Å². The number of aliphatic imine (C=N–C) groups is 1. The molecular formula is C16H14BrN5O2. The van der Waals surface area contributed by atoms with E-state index in [9.17, 15) is 9.59 Å². The molecule has 0 spiro atoms. The Morgan fingerprint density at radius 2 is 2.12 bits per heavy atom. The summed E-state index contributed by atoms with van der Waals surface area (Å²) < 4.78 is 0.889. The topological polar surface area (TPSA) is 112 Å². The van der Waals surface area contributed by atoms with Crippen molar-refractivity contribution in [3.8, 4) is 0 Å². The van der Waals surface area contributed by atoms with Crippen LogP contribution in [0.1, 0.15) is 29.4 Å². The van der Waals surface area contributed by atoms with Crippen molar-refractivity contribution >= 4 is 50.2 Å². The third-order valence-corrected chi connectivity index (χ3v) is 4.66. The maximum absolute atomic E-state index is 12.5. The summed E-state index contributed by atoms with van der Waals surface area (Å²) in [6, 6.07) is 5.59. The number of H-pyrrole nitrogens is 1. The Morgan fingerprint density at radius 3 is 2.83 bits per heavy atom. The first-order valence-electron chi connectivity index (χ1n) is 7.45. The quantitative estimate of drug-likeness (QED) is 0.514. The molecule has 122 valence electrons. The molecule has 0 radical (unpaired) electrons. The highest BCUT2D eigenvalue weighted by atomic mass is 79.9. The van der Waals surface area contributed by atoms with Gasteiger partial charge < -0.3 is 21.4 Å². The van der Waals surface area contributed by atoms with E-state index in [2.05, 4.69) is 36.5 Å². The summed E-state index contributed by atoms with van der Waals surface area (Å²) in [5, 5.41) is 6.64. The molecule has 0 fully saturated rings. The number of benzene rings is 1. The number of aromatic amines is 1. The second kappa shape index (κ2) is 5.20. The molecule has 2 aliphatic heterocycles. The average Bonchev–Trinajstić information content (AvgIpc) is 3.01. The summed E-state index contributed by atoms with van der Waals surface area (Å²) in [5.41, 5.74) is 8.68. The fourth-order valence-corrected chi connectivity index (χ4v) is 3.57. The van der Waals surface area contributed by atoms with Crippen LogP contribution in [0.3, 0.4) is 0 Å². The Labute approximate surface area is 145 Å². The summed E-state index contributed by atoms with van der Waals surface area (Å²) in [6.45, 7) is 1.89. The highest BCUT2D eigenvalue weighted by Crippen LogP contribution is 2.37. The van der Waals surface area contributed by atoms with Gasteiger partial charge in [0.05, 0.1) is 0 Å². The standard InChI is InChI=1S/C16H14BrN5O2/c1-6-4-9(12-14(23)22-16(18)21-12)11-8-5-7(17)2-3-10(8)20-13(11)15(24)19-6/h2-3,5-6,20H,4H2,1H3,(H,19,24)(H3,18,21,22,23). The van der Waals surface area contributed by atoms with Gasteiger partial charge in [0.15, 0.2) is 0 Å². The smallest absolute Gasteiger partial charge is 0.296 e. The van der Waals surface area contributed by atoms with Crippen molar-refractivity contribution in [1.82, 2.24) is 15.6 Å². The number of carbonyl (C=O) groups excluding carboxylic acids is 2. The highest BCUT2D eigenvalue weighted by Gasteiger charge is 2.32. The molecule has 0 saturated carbocycles. The Kier molecular flexibility index (Phi) is 3.24. The summed E-state index contributed by atoms with van der Waals surface area (Å²) in [4.78, 5) is 31.6. The van der Waals surface area contributed by atoms with Gasteiger partial charge in [0.1, 0.15) is 11.4 Å². The zero-order valence-electron chi connectivity index (χ0n) is 12.7. The monoisotopic (exact) mass is 387 g/mol. The maximum Gasteiger partial charge on any atom is 0.296 e. The molecule has 0 saturated heterocycles. The number of hydrogen-bond acceptors (Lipinski definition) is 4. The van der Waals surface area contributed by atoms with Gasteiger partial charge in [-0.3, -0.25) is 9.59 Å². The van der Waals surface area contributed by atoms with Gasteiger partial charge in [-0.25, -0.2) is 0 Å². The first-order chi connectivity index (χ1) is 11.4. The number of aromatic nitrogens is 1. The molecule has 0 bridgehead atoms. The van der Waals surface area contributed by atoms with Gasteiger partial charge in [-0.05, 0) is 37.1 Å².